The van der Waals surface area contributed by atoms with Gasteiger partial charge in [0.25, 0.3) is 5.91 Å². The molecule has 0 aliphatic heterocycles. The van der Waals surface area contributed by atoms with E-state index < -0.39 is 0 Å². The van der Waals surface area contributed by atoms with Gasteiger partial charge in [0.05, 0.1) is 6.54 Å². The summed E-state index contributed by atoms with van der Waals surface area (Å²) < 4.78 is 5.37. The fraction of sp³-hybridized carbons (Fsp3) is 0.300. The molecule has 2 aromatic heterocycles. The molecule has 0 saturated heterocycles. The van der Waals surface area contributed by atoms with Crippen molar-refractivity contribution in [2.75, 3.05) is 0 Å². The van der Waals surface area contributed by atoms with E-state index in [1.165, 1.54) is 12.0 Å². The highest BCUT2D eigenvalue weighted by molar-refractivity contribution is 5.92. The summed E-state index contributed by atoms with van der Waals surface area (Å²) in [5.74, 6) is 0.920. The van der Waals surface area contributed by atoms with E-state index >= 15 is 0 Å². The molecule has 3 rings (SSSR count). The first kappa shape index (κ1) is 17.0. The molecule has 0 bridgehead atoms. The van der Waals surface area contributed by atoms with E-state index in [0.29, 0.717) is 12.2 Å². The molecule has 1 amide bonds. The minimum absolute atomic E-state index is 0.135. The molecule has 25 heavy (non-hydrogen) atoms. The lowest BCUT2D eigenvalue weighted by molar-refractivity contribution is 0.0945. The maximum Gasteiger partial charge on any atom is 0.268 e. The molecule has 0 atom stereocenters. The van der Waals surface area contributed by atoms with Gasteiger partial charge in [0.15, 0.2) is 6.39 Å². The van der Waals surface area contributed by atoms with Crippen LogP contribution in [0.4, 0.5) is 0 Å². The molecule has 1 aromatic carbocycles. The SMILES string of the molecule is CC(C)c1ocnc1CNC(=O)c1ccc(CCc2ccccc2)[nH]1. The maximum atomic E-state index is 12.3. The van der Waals surface area contributed by atoms with Crippen LogP contribution in [0.5, 0.6) is 0 Å². The lowest BCUT2D eigenvalue weighted by Gasteiger charge is -2.05. The number of oxazole rings is 1. The topological polar surface area (TPSA) is 70.9 Å². The zero-order valence-electron chi connectivity index (χ0n) is 14.6. The number of aromatic amines is 1. The molecule has 2 N–H and O–H groups in total. The quantitative estimate of drug-likeness (QED) is 0.688. The average Bonchev–Trinajstić information content (AvgIpc) is 3.28. The van der Waals surface area contributed by atoms with E-state index in [1.54, 1.807) is 0 Å². The summed E-state index contributed by atoms with van der Waals surface area (Å²) in [5, 5.41) is 2.89. The lowest BCUT2D eigenvalue weighted by Crippen LogP contribution is -2.24. The van der Waals surface area contributed by atoms with Crippen LogP contribution in [0.25, 0.3) is 0 Å². The van der Waals surface area contributed by atoms with Gasteiger partial charge in [0.2, 0.25) is 0 Å². The third kappa shape index (κ3) is 4.38. The summed E-state index contributed by atoms with van der Waals surface area (Å²) >= 11 is 0. The van der Waals surface area contributed by atoms with Gasteiger partial charge < -0.3 is 14.7 Å². The number of hydrogen-bond donors (Lipinski definition) is 2. The molecule has 0 unspecified atom stereocenters. The van der Waals surface area contributed by atoms with Crippen molar-refractivity contribution in [1.82, 2.24) is 15.3 Å². The Kier molecular flexibility index (Phi) is 5.33. The molecule has 5 nitrogen and oxygen atoms in total. The van der Waals surface area contributed by atoms with Crippen LogP contribution in [-0.4, -0.2) is 15.9 Å². The van der Waals surface area contributed by atoms with Gasteiger partial charge >= 0.3 is 0 Å². The number of rotatable bonds is 7. The van der Waals surface area contributed by atoms with Crippen molar-refractivity contribution in [1.29, 1.82) is 0 Å². The summed E-state index contributed by atoms with van der Waals surface area (Å²) in [6, 6.07) is 14.1. The number of nitrogens with one attached hydrogen (secondary N) is 2. The van der Waals surface area contributed by atoms with Gasteiger partial charge in [0, 0.05) is 11.6 Å². The molecule has 0 fully saturated rings. The molecular weight excluding hydrogens is 314 g/mol. The van der Waals surface area contributed by atoms with Crippen LogP contribution in [0.2, 0.25) is 0 Å². The number of amides is 1. The predicted octanol–water partition coefficient (Wildman–Crippen LogP) is 3.84. The van der Waals surface area contributed by atoms with Crippen LogP contribution in [0, 0.1) is 0 Å². The van der Waals surface area contributed by atoms with Gasteiger partial charge in [0.1, 0.15) is 17.1 Å². The van der Waals surface area contributed by atoms with Crippen molar-refractivity contribution >= 4 is 5.91 Å². The van der Waals surface area contributed by atoms with Gasteiger partial charge in [-0.2, -0.15) is 0 Å². The Balaban J connectivity index is 1.54. The summed E-state index contributed by atoms with van der Waals surface area (Å²) in [7, 11) is 0. The monoisotopic (exact) mass is 337 g/mol. The summed E-state index contributed by atoms with van der Waals surface area (Å²) in [6.07, 6.45) is 3.24. The van der Waals surface area contributed by atoms with Crippen molar-refractivity contribution in [2.45, 2.75) is 39.2 Å². The second kappa shape index (κ2) is 7.83. The van der Waals surface area contributed by atoms with Crippen LogP contribution in [-0.2, 0) is 19.4 Å². The fourth-order valence-electron chi connectivity index (χ4n) is 2.78. The number of carbonyl (C=O) groups excluding carboxylic acids is 1. The molecule has 3 aromatic rings. The molecule has 2 heterocycles. The molecule has 0 saturated carbocycles. The molecule has 0 spiro atoms. The maximum absolute atomic E-state index is 12.3. The Labute approximate surface area is 147 Å². The van der Waals surface area contributed by atoms with Gasteiger partial charge in [-0.05, 0) is 30.5 Å². The number of aryl methyl sites for hydroxylation is 2. The molecule has 0 aliphatic rings. The largest absolute Gasteiger partial charge is 0.448 e. The van der Waals surface area contributed by atoms with Crippen molar-refractivity contribution in [3.05, 3.63) is 77.3 Å². The van der Waals surface area contributed by atoms with Crippen molar-refractivity contribution in [2.24, 2.45) is 0 Å². The zero-order chi connectivity index (χ0) is 17.6. The van der Waals surface area contributed by atoms with E-state index in [0.717, 1.165) is 30.0 Å². The van der Waals surface area contributed by atoms with Crippen LogP contribution in [0.3, 0.4) is 0 Å². The van der Waals surface area contributed by atoms with Gasteiger partial charge in [-0.3, -0.25) is 4.79 Å². The van der Waals surface area contributed by atoms with Gasteiger partial charge in [-0.25, -0.2) is 4.98 Å². The molecular formula is C20H23N3O2. The average molecular weight is 337 g/mol. The second-order valence-electron chi connectivity index (χ2n) is 6.38. The van der Waals surface area contributed by atoms with Crippen LogP contribution in [0.1, 0.15) is 53.0 Å². The summed E-state index contributed by atoms with van der Waals surface area (Å²) in [4.78, 5) is 19.7. The first-order chi connectivity index (χ1) is 12.1. The van der Waals surface area contributed by atoms with E-state index in [2.05, 4.69) is 27.4 Å². The Bertz CT molecular complexity index is 818. The van der Waals surface area contributed by atoms with Crippen molar-refractivity contribution in [3.63, 3.8) is 0 Å². The lowest BCUT2D eigenvalue weighted by atomic mass is 10.1. The number of aromatic nitrogens is 2. The fourth-order valence-corrected chi connectivity index (χ4v) is 2.78. The highest BCUT2D eigenvalue weighted by Crippen LogP contribution is 2.18. The first-order valence-corrected chi connectivity index (χ1v) is 8.55. The summed E-state index contributed by atoms with van der Waals surface area (Å²) in [5.41, 5.74) is 3.69. The normalized spacial score (nSPS) is 11.0. The summed E-state index contributed by atoms with van der Waals surface area (Å²) in [6.45, 7) is 4.44. The molecule has 0 aliphatic carbocycles. The van der Waals surface area contributed by atoms with Crippen molar-refractivity contribution < 1.29 is 9.21 Å². The predicted molar refractivity (Wildman–Crippen MR) is 96.4 cm³/mol. The van der Waals surface area contributed by atoms with Crippen molar-refractivity contribution in [3.8, 4) is 0 Å². The highest BCUT2D eigenvalue weighted by atomic mass is 16.3. The Morgan fingerprint density at radius 2 is 1.96 bits per heavy atom. The number of H-pyrrole nitrogens is 1. The van der Waals surface area contributed by atoms with E-state index in [9.17, 15) is 4.79 Å². The minimum atomic E-state index is -0.135. The molecule has 130 valence electrons. The second-order valence-corrected chi connectivity index (χ2v) is 6.38. The molecule has 5 heteroatoms. The van der Waals surface area contributed by atoms with Gasteiger partial charge in [-0.15, -0.1) is 0 Å². The smallest absolute Gasteiger partial charge is 0.268 e. The van der Waals surface area contributed by atoms with Crippen LogP contribution in [0.15, 0.2) is 53.3 Å². The Morgan fingerprint density at radius 1 is 1.16 bits per heavy atom. The van der Waals surface area contributed by atoms with E-state index in [-0.39, 0.29) is 11.8 Å². The Hall–Kier alpha value is -2.82. The number of hydrogen-bond acceptors (Lipinski definition) is 3. The van der Waals surface area contributed by atoms with E-state index in [1.807, 2.05) is 44.2 Å². The molecule has 0 radical (unpaired) electrons. The number of benzene rings is 1. The van der Waals surface area contributed by atoms with Crippen LogP contribution < -0.4 is 5.32 Å². The van der Waals surface area contributed by atoms with Crippen LogP contribution >= 0.6 is 0 Å². The first-order valence-electron chi connectivity index (χ1n) is 8.55. The number of nitrogens with zero attached hydrogens (tertiary/aromatic N) is 1. The third-order valence-corrected chi connectivity index (χ3v) is 4.13. The Morgan fingerprint density at radius 3 is 2.72 bits per heavy atom. The minimum Gasteiger partial charge on any atom is -0.448 e. The third-order valence-electron chi connectivity index (χ3n) is 4.13. The zero-order valence-corrected chi connectivity index (χ0v) is 14.6. The standard InChI is InChI=1S/C20H23N3O2/c1-14(2)19-18(22-13-25-19)12-21-20(24)17-11-10-16(23-17)9-8-15-6-4-3-5-7-15/h3-7,10-11,13-14,23H,8-9,12H2,1-2H3,(H,21,24). The van der Waals surface area contributed by atoms with Gasteiger partial charge in [-0.1, -0.05) is 44.2 Å². The highest BCUT2D eigenvalue weighted by Gasteiger charge is 2.14. The van der Waals surface area contributed by atoms with E-state index in [4.69, 9.17) is 4.42 Å². The number of carbonyl (C=O) groups is 1.